The Balaban J connectivity index is 2.58. The number of methoxy groups -OCH3 is 1. The smallest absolute Gasteiger partial charge is 0.135 e. The van der Waals surface area contributed by atoms with Gasteiger partial charge in [-0.05, 0) is 0 Å². The summed E-state index contributed by atoms with van der Waals surface area (Å²) in [6.07, 6.45) is -2.27. The van der Waals surface area contributed by atoms with Gasteiger partial charge >= 0.3 is 0 Å². The highest BCUT2D eigenvalue weighted by Gasteiger charge is 2.27. The Hall–Kier alpha value is -2.15. The van der Waals surface area contributed by atoms with Crippen LogP contribution >= 0.6 is 0 Å². The van der Waals surface area contributed by atoms with Crippen LogP contribution in [0.1, 0.15) is 17.2 Å². The number of aliphatic hydroxyl groups is 1. The van der Waals surface area contributed by atoms with Gasteiger partial charge in [0.15, 0.2) is 0 Å². The van der Waals surface area contributed by atoms with E-state index in [0.29, 0.717) is 12.1 Å². The van der Waals surface area contributed by atoms with Crippen molar-refractivity contribution in [1.29, 1.82) is 0 Å². The normalized spacial score (nSPS) is 12.3. The molecule has 0 aliphatic rings. The van der Waals surface area contributed by atoms with Gasteiger partial charge in [-0.1, -0.05) is 0 Å². The first-order valence-corrected chi connectivity index (χ1v) is 5.70. The lowest BCUT2D eigenvalue weighted by Gasteiger charge is -2.16. The number of halogens is 5. The van der Waals surface area contributed by atoms with Crippen LogP contribution in [-0.2, 0) is 0 Å². The van der Waals surface area contributed by atoms with E-state index in [-0.39, 0.29) is 5.75 Å². The Morgan fingerprint density at radius 3 is 1.57 bits per heavy atom. The first-order chi connectivity index (χ1) is 9.85. The maximum atomic E-state index is 13.8. The standard InChI is InChI=1S/C14H9F5O2/c1-21-7-4-10(18)13(11(19)5-7)14(20)12-8(16)2-6(15)3-9(12)17/h2-5,14,20H,1H3. The van der Waals surface area contributed by atoms with Crippen molar-refractivity contribution >= 4 is 0 Å². The van der Waals surface area contributed by atoms with Gasteiger partial charge in [-0.2, -0.15) is 0 Å². The summed E-state index contributed by atoms with van der Waals surface area (Å²) in [6.45, 7) is 0. The SMILES string of the molecule is COc1cc(F)c(C(O)c2c(F)cc(F)cc2F)c(F)c1. The third kappa shape index (κ3) is 2.82. The maximum Gasteiger partial charge on any atom is 0.135 e. The monoisotopic (exact) mass is 304 g/mol. The summed E-state index contributed by atoms with van der Waals surface area (Å²) in [5.41, 5.74) is -2.00. The van der Waals surface area contributed by atoms with Crippen LogP contribution in [0.3, 0.4) is 0 Å². The van der Waals surface area contributed by atoms with E-state index in [9.17, 15) is 27.1 Å². The van der Waals surface area contributed by atoms with Crippen molar-refractivity contribution in [3.05, 3.63) is 64.5 Å². The quantitative estimate of drug-likeness (QED) is 0.880. The van der Waals surface area contributed by atoms with Crippen LogP contribution in [0, 0.1) is 29.1 Å². The van der Waals surface area contributed by atoms with E-state index in [0.717, 1.165) is 12.1 Å². The van der Waals surface area contributed by atoms with E-state index >= 15 is 0 Å². The van der Waals surface area contributed by atoms with E-state index in [1.54, 1.807) is 0 Å². The lowest BCUT2D eigenvalue weighted by atomic mass is 9.99. The molecule has 112 valence electrons. The van der Waals surface area contributed by atoms with Gasteiger partial charge in [0, 0.05) is 24.3 Å². The molecule has 0 aliphatic carbocycles. The molecule has 21 heavy (non-hydrogen) atoms. The average Bonchev–Trinajstić information content (AvgIpc) is 2.36. The Kier molecular flexibility index (Phi) is 4.13. The minimum atomic E-state index is -2.27. The minimum Gasteiger partial charge on any atom is -0.497 e. The molecule has 2 nitrogen and oxygen atoms in total. The average molecular weight is 304 g/mol. The molecule has 2 aromatic carbocycles. The van der Waals surface area contributed by atoms with Crippen molar-refractivity contribution in [3.63, 3.8) is 0 Å². The second-order valence-electron chi connectivity index (χ2n) is 4.19. The Bertz CT molecular complexity index is 641. The van der Waals surface area contributed by atoms with Crippen LogP contribution in [-0.4, -0.2) is 12.2 Å². The van der Waals surface area contributed by atoms with Gasteiger partial charge in [0.2, 0.25) is 0 Å². The number of aliphatic hydroxyl groups excluding tert-OH is 1. The second kappa shape index (κ2) is 5.69. The zero-order valence-electron chi connectivity index (χ0n) is 10.6. The summed E-state index contributed by atoms with van der Waals surface area (Å²) in [6, 6.07) is 2.11. The van der Waals surface area contributed by atoms with Crippen molar-refractivity contribution in [1.82, 2.24) is 0 Å². The van der Waals surface area contributed by atoms with E-state index in [4.69, 9.17) is 0 Å². The van der Waals surface area contributed by atoms with Crippen LogP contribution in [0.5, 0.6) is 5.75 Å². The molecule has 0 bridgehead atoms. The third-order valence-electron chi connectivity index (χ3n) is 2.88. The molecule has 1 unspecified atom stereocenters. The molecule has 0 spiro atoms. The fourth-order valence-corrected chi connectivity index (χ4v) is 1.90. The number of hydrogen-bond donors (Lipinski definition) is 1. The fourth-order valence-electron chi connectivity index (χ4n) is 1.90. The largest absolute Gasteiger partial charge is 0.497 e. The van der Waals surface area contributed by atoms with Crippen LogP contribution in [0.15, 0.2) is 24.3 Å². The molecule has 0 aromatic heterocycles. The number of benzene rings is 2. The molecule has 0 aliphatic heterocycles. The van der Waals surface area contributed by atoms with Gasteiger partial charge in [0.1, 0.15) is 40.9 Å². The van der Waals surface area contributed by atoms with Gasteiger partial charge < -0.3 is 9.84 Å². The molecule has 0 saturated carbocycles. The molecule has 0 radical (unpaired) electrons. The van der Waals surface area contributed by atoms with Gasteiger partial charge in [-0.25, -0.2) is 22.0 Å². The van der Waals surface area contributed by atoms with E-state index < -0.39 is 46.3 Å². The van der Waals surface area contributed by atoms with Crippen LogP contribution in [0.4, 0.5) is 22.0 Å². The summed E-state index contributed by atoms with van der Waals surface area (Å²) in [7, 11) is 1.17. The van der Waals surface area contributed by atoms with Crippen molar-refractivity contribution in [3.8, 4) is 5.75 Å². The first kappa shape index (κ1) is 15.2. The predicted octanol–water partition coefficient (Wildman–Crippen LogP) is 3.47. The highest BCUT2D eigenvalue weighted by atomic mass is 19.2. The summed E-state index contributed by atoms with van der Waals surface area (Å²) in [5.74, 6) is -6.77. The number of rotatable bonds is 3. The second-order valence-corrected chi connectivity index (χ2v) is 4.19. The van der Waals surface area contributed by atoms with E-state index in [2.05, 4.69) is 4.74 Å². The summed E-state index contributed by atoms with van der Waals surface area (Å²) in [4.78, 5) is 0. The van der Waals surface area contributed by atoms with Crippen molar-refractivity contribution in [2.75, 3.05) is 7.11 Å². The molecule has 2 rings (SSSR count). The van der Waals surface area contributed by atoms with Crippen LogP contribution in [0.25, 0.3) is 0 Å². The van der Waals surface area contributed by atoms with Gasteiger partial charge in [0.25, 0.3) is 0 Å². The Morgan fingerprint density at radius 1 is 0.810 bits per heavy atom. The first-order valence-electron chi connectivity index (χ1n) is 5.70. The van der Waals surface area contributed by atoms with Crippen molar-refractivity contribution in [2.45, 2.75) is 6.10 Å². The summed E-state index contributed by atoms with van der Waals surface area (Å²) in [5, 5.41) is 9.85. The molecule has 0 amide bonds. The van der Waals surface area contributed by atoms with Gasteiger partial charge in [-0.15, -0.1) is 0 Å². The topological polar surface area (TPSA) is 29.5 Å². The molecular formula is C14H9F5O2. The molecule has 7 heteroatoms. The van der Waals surface area contributed by atoms with Crippen LogP contribution in [0.2, 0.25) is 0 Å². The number of ether oxygens (including phenoxy) is 1. The molecule has 0 saturated heterocycles. The van der Waals surface area contributed by atoms with Crippen molar-refractivity contribution < 1.29 is 31.8 Å². The van der Waals surface area contributed by atoms with E-state index in [1.807, 2.05) is 0 Å². The van der Waals surface area contributed by atoms with Gasteiger partial charge in [0.05, 0.1) is 18.2 Å². The maximum absolute atomic E-state index is 13.8. The van der Waals surface area contributed by atoms with Crippen molar-refractivity contribution in [2.24, 2.45) is 0 Å². The summed E-state index contributed by atoms with van der Waals surface area (Å²) >= 11 is 0. The fraction of sp³-hybridized carbons (Fsp3) is 0.143. The Morgan fingerprint density at radius 2 is 1.19 bits per heavy atom. The number of hydrogen-bond acceptors (Lipinski definition) is 2. The zero-order chi connectivity index (χ0) is 15.7. The Labute approximate surface area is 116 Å². The molecule has 1 N–H and O–H groups in total. The third-order valence-corrected chi connectivity index (χ3v) is 2.88. The molecule has 0 fully saturated rings. The molecule has 1 atom stereocenters. The highest BCUT2D eigenvalue weighted by molar-refractivity contribution is 5.37. The van der Waals surface area contributed by atoms with Gasteiger partial charge in [-0.3, -0.25) is 0 Å². The lowest BCUT2D eigenvalue weighted by Crippen LogP contribution is -2.11. The predicted molar refractivity (Wildman–Crippen MR) is 63.3 cm³/mol. The molecule has 2 aromatic rings. The van der Waals surface area contributed by atoms with E-state index in [1.165, 1.54) is 7.11 Å². The molecular weight excluding hydrogens is 295 g/mol. The minimum absolute atomic E-state index is 0.166. The zero-order valence-corrected chi connectivity index (χ0v) is 10.6. The van der Waals surface area contributed by atoms with Crippen LogP contribution < -0.4 is 4.74 Å². The highest BCUT2D eigenvalue weighted by Crippen LogP contribution is 2.32. The molecule has 0 heterocycles. The summed E-state index contributed by atoms with van der Waals surface area (Å²) < 4.78 is 72.1. The lowest BCUT2D eigenvalue weighted by molar-refractivity contribution is 0.197.